The predicted molar refractivity (Wildman–Crippen MR) is 86.6 cm³/mol. The summed E-state index contributed by atoms with van der Waals surface area (Å²) in [5.74, 6) is 0.174. The molecular formula is C15H26ClN3O4. The van der Waals surface area contributed by atoms with E-state index in [0.29, 0.717) is 52.6 Å². The highest BCUT2D eigenvalue weighted by atomic mass is 35.5. The van der Waals surface area contributed by atoms with E-state index in [-0.39, 0.29) is 36.2 Å². The maximum absolute atomic E-state index is 12.6. The topological polar surface area (TPSA) is 71.1 Å². The number of nitrogens with zero attached hydrogens (tertiary/aromatic N) is 2. The summed E-state index contributed by atoms with van der Waals surface area (Å²) in [4.78, 5) is 28.8. The summed E-state index contributed by atoms with van der Waals surface area (Å²) in [6.07, 6.45) is 1.76. The molecule has 0 aromatic heterocycles. The van der Waals surface area contributed by atoms with Crippen LogP contribution < -0.4 is 5.32 Å². The highest BCUT2D eigenvalue weighted by Gasteiger charge is 2.34. The van der Waals surface area contributed by atoms with E-state index in [4.69, 9.17) is 9.47 Å². The van der Waals surface area contributed by atoms with Crippen LogP contribution in [0.25, 0.3) is 0 Å². The molecule has 3 rings (SSSR count). The Kier molecular flexibility index (Phi) is 7.08. The second-order valence-electron chi connectivity index (χ2n) is 6.14. The molecule has 0 bridgehead atoms. The number of piperidine rings is 1. The number of nitrogens with one attached hydrogen (secondary N) is 1. The molecular weight excluding hydrogens is 322 g/mol. The predicted octanol–water partition coefficient (Wildman–Crippen LogP) is -0.506. The second kappa shape index (κ2) is 8.82. The number of ether oxygens (including phenoxy) is 2. The number of hydrogen-bond acceptors (Lipinski definition) is 5. The van der Waals surface area contributed by atoms with E-state index in [9.17, 15) is 9.59 Å². The zero-order valence-electron chi connectivity index (χ0n) is 13.4. The standard InChI is InChI=1S/C15H25N3O4.ClH/c19-14(17-5-8-21-9-6-17)12-2-1-4-18(10-12)15(20)13-11-22-7-3-16-13;/h12-13,16H,1-11H2;1H. The van der Waals surface area contributed by atoms with Crippen LogP contribution in [-0.2, 0) is 19.1 Å². The fourth-order valence-electron chi connectivity index (χ4n) is 3.37. The normalized spacial score (nSPS) is 28.9. The molecule has 0 saturated carbocycles. The van der Waals surface area contributed by atoms with Gasteiger partial charge in [-0.05, 0) is 12.8 Å². The molecule has 132 valence electrons. The van der Waals surface area contributed by atoms with E-state index in [1.165, 1.54) is 0 Å². The lowest BCUT2D eigenvalue weighted by atomic mass is 9.95. The summed E-state index contributed by atoms with van der Waals surface area (Å²) < 4.78 is 10.7. The molecule has 7 nitrogen and oxygen atoms in total. The van der Waals surface area contributed by atoms with Crippen molar-refractivity contribution in [1.29, 1.82) is 0 Å². The number of amides is 2. The van der Waals surface area contributed by atoms with Crippen LogP contribution in [0.15, 0.2) is 0 Å². The van der Waals surface area contributed by atoms with Gasteiger partial charge < -0.3 is 24.6 Å². The monoisotopic (exact) mass is 347 g/mol. The molecule has 2 amide bonds. The van der Waals surface area contributed by atoms with Gasteiger partial charge >= 0.3 is 0 Å². The van der Waals surface area contributed by atoms with Crippen molar-refractivity contribution in [3.63, 3.8) is 0 Å². The fraction of sp³-hybridized carbons (Fsp3) is 0.867. The molecule has 3 heterocycles. The van der Waals surface area contributed by atoms with E-state index in [1.807, 2.05) is 9.80 Å². The number of morpholine rings is 2. The maximum Gasteiger partial charge on any atom is 0.242 e. The molecule has 0 spiro atoms. The van der Waals surface area contributed by atoms with Crippen LogP contribution in [0, 0.1) is 5.92 Å². The van der Waals surface area contributed by atoms with E-state index >= 15 is 0 Å². The number of carbonyl (C=O) groups is 2. The first-order valence-corrected chi connectivity index (χ1v) is 8.22. The van der Waals surface area contributed by atoms with Gasteiger partial charge in [0.15, 0.2) is 0 Å². The van der Waals surface area contributed by atoms with Crippen LogP contribution in [0.4, 0.5) is 0 Å². The lowest BCUT2D eigenvalue weighted by molar-refractivity contribution is -0.145. The van der Waals surface area contributed by atoms with Crippen molar-refractivity contribution in [3.05, 3.63) is 0 Å². The van der Waals surface area contributed by atoms with Crippen LogP contribution in [0.5, 0.6) is 0 Å². The van der Waals surface area contributed by atoms with Crippen LogP contribution in [0.3, 0.4) is 0 Å². The van der Waals surface area contributed by atoms with Crippen LogP contribution >= 0.6 is 12.4 Å². The molecule has 2 unspecified atom stereocenters. The number of likely N-dealkylation sites (tertiary alicyclic amines) is 1. The highest BCUT2D eigenvalue weighted by molar-refractivity contribution is 5.85. The van der Waals surface area contributed by atoms with Crippen molar-refractivity contribution in [2.75, 3.05) is 59.2 Å². The van der Waals surface area contributed by atoms with Crippen molar-refractivity contribution < 1.29 is 19.1 Å². The lowest BCUT2D eigenvalue weighted by Crippen LogP contribution is -2.56. The highest BCUT2D eigenvalue weighted by Crippen LogP contribution is 2.20. The Balaban J connectivity index is 0.00000192. The second-order valence-corrected chi connectivity index (χ2v) is 6.14. The van der Waals surface area contributed by atoms with Crippen LogP contribution in [0.1, 0.15) is 12.8 Å². The van der Waals surface area contributed by atoms with Crippen molar-refractivity contribution in [2.45, 2.75) is 18.9 Å². The van der Waals surface area contributed by atoms with Gasteiger partial charge in [0.05, 0.1) is 32.3 Å². The molecule has 0 radical (unpaired) electrons. The molecule has 1 N–H and O–H groups in total. The van der Waals surface area contributed by atoms with Gasteiger partial charge in [-0.3, -0.25) is 9.59 Å². The Morgan fingerprint density at radius 1 is 0.957 bits per heavy atom. The van der Waals surface area contributed by atoms with Gasteiger partial charge in [-0.15, -0.1) is 12.4 Å². The fourth-order valence-corrected chi connectivity index (χ4v) is 3.37. The van der Waals surface area contributed by atoms with Crippen molar-refractivity contribution in [1.82, 2.24) is 15.1 Å². The van der Waals surface area contributed by atoms with Crippen LogP contribution in [0.2, 0.25) is 0 Å². The van der Waals surface area contributed by atoms with E-state index in [0.717, 1.165) is 19.4 Å². The minimum Gasteiger partial charge on any atom is -0.378 e. The van der Waals surface area contributed by atoms with Gasteiger partial charge in [-0.1, -0.05) is 0 Å². The van der Waals surface area contributed by atoms with Crippen molar-refractivity contribution in [2.24, 2.45) is 5.92 Å². The Hall–Kier alpha value is -0.890. The summed E-state index contributed by atoms with van der Waals surface area (Å²) in [7, 11) is 0. The molecule has 3 aliphatic rings. The molecule has 3 fully saturated rings. The third-order valence-corrected chi connectivity index (χ3v) is 4.62. The van der Waals surface area contributed by atoms with Gasteiger partial charge in [0.1, 0.15) is 6.04 Å². The minimum absolute atomic E-state index is 0. The molecule has 3 aliphatic heterocycles. The third-order valence-electron chi connectivity index (χ3n) is 4.62. The first-order valence-electron chi connectivity index (χ1n) is 8.22. The SMILES string of the molecule is Cl.O=C(C1CCCN(C(=O)C2COCCN2)C1)N1CCOCC1. The Bertz CT molecular complexity index is 376. The van der Waals surface area contributed by atoms with Crippen molar-refractivity contribution in [3.8, 4) is 0 Å². The van der Waals surface area contributed by atoms with Gasteiger partial charge in [-0.25, -0.2) is 0 Å². The Morgan fingerprint density at radius 3 is 2.43 bits per heavy atom. The summed E-state index contributed by atoms with van der Waals surface area (Å²) in [6.45, 7) is 5.63. The maximum atomic E-state index is 12.6. The van der Waals surface area contributed by atoms with E-state index in [1.54, 1.807) is 0 Å². The summed E-state index contributed by atoms with van der Waals surface area (Å²) >= 11 is 0. The van der Waals surface area contributed by atoms with Gasteiger partial charge in [-0.2, -0.15) is 0 Å². The number of rotatable bonds is 2. The Morgan fingerprint density at radius 2 is 1.74 bits per heavy atom. The minimum atomic E-state index is -0.258. The molecule has 23 heavy (non-hydrogen) atoms. The Labute approximate surface area is 143 Å². The van der Waals surface area contributed by atoms with Gasteiger partial charge in [0.2, 0.25) is 11.8 Å². The number of hydrogen-bond donors (Lipinski definition) is 1. The van der Waals surface area contributed by atoms with Crippen molar-refractivity contribution >= 4 is 24.2 Å². The number of halogens is 1. The third kappa shape index (κ3) is 4.56. The van der Waals surface area contributed by atoms with Gasteiger partial charge in [0, 0.05) is 32.7 Å². The molecule has 0 aromatic rings. The summed E-state index contributed by atoms with van der Waals surface area (Å²) in [6, 6.07) is -0.258. The molecule has 0 aliphatic carbocycles. The summed E-state index contributed by atoms with van der Waals surface area (Å²) in [5.41, 5.74) is 0. The molecule has 3 saturated heterocycles. The zero-order chi connectivity index (χ0) is 15.4. The molecule has 8 heteroatoms. The van der Waals surface area contributed by atoms with Crippen LogP contribution in [-0.4, -0.2) is 86.8 Å². The smallest absolute Gasteiger partial charge is 0.242 e. The first-order chi connectivity index (χ1) is 10.8. The zero-order valence-corrected chi connectivity index (χ0v) is 14.2. The largest absolute Gasteiger partial charge is 0.378 e. The van der Waals surface area contributed by atoms with E-state index in [2.05, 4.69) is 5.32 Å². The van der Waals surface area contributed by atoms with Gasteiger partial charge in [0.25, 0.3) is 0 Å². The molecule has 2 atom stereocenters. The lowest BCUT2D eigenvalue weighted by Gasteiger charge is -2.38. The number of carbonyl (C=O) groups excluding carboxylic acids is 2. The van der Waals surface area contributed by atoms with E-state index < -0.39 is 0 Å². The quantitative estimate of drug-likeness (QED) is 0.729. The first kappa shape index (κ1) is 18.4. The molecule has 0 aromatic carbocycles. The average Bonchev–Trinajstić information content (AvgIpc) is 2.62. The average molecular weight is 348 g/mol. The summed E-state index contributed by atoms with van der Waals surface area (Å²) in [5, 5.41) is 3.20.